The molecule has 1 aromatic heterocycles. The Morgan fingerprint density at radius 3 is 2.44 bits per heavy atom. The van der Waals surface area contributed by atoms with Crippen molar-refractivity contribution >= 4 is 61.0 Å². The van der Waals surface area contributed by atoms with Gasteiger partial charge in [0.15, 0.2) is 0 Å². The average molecular weight is 500 g/mol. The number of halogens is 6. The molecule has 0 bridgehead atoms. The van der Waals surface area contributed by atoms with E-state index in [0.717, 1.165) is 5.52 Å². The monoisotopic (exact) mass is 498 g/mol. The highest BCUT2D eigenvalue weighted by Gasteiger charge is 2.41. The van der Waals surface area contributed by atoms with Gasteiger partial charge in [-0.25, -0.2) is 8.93 Å². The number of alkyl halides is 3. The van der Waals surface area contributed by atoms with Gasteiger partial charge in [0.1, 0.15) is 17.0 Å². The van der Waals surface area contributed by atoms with Crippen LogP contribution in [0.4, 0.5) is 13.2 Å². The van der Waals surface area contributed by atoms with Crippen LogP contribution in [0.15, 0.2) is 52.0 Å². The number of rotatable bonds is 5. The third kappa shape index (κ3) is 4.68. The molecule has 0 radical (unpaired) electrons. The number of aromatic amines is 1. The van der Waals surface area contributed by atoms with Crippen molar-refractivity contribution in [1.82, 2.24) is 9.71 Å². The number of benzene rings is 2. The third-order valence-corrected chi connectivity index (χ3v) is 6.48. The molecule has 0 aliphatic rings. The van der Waals surface area contributed by atoms with Gasteiger partial charge in [0.05, 0.1) is 14.9 Å². The summed E-state index contributed by atoms with van der Waals surface area (Å²) in [6, 6.07) is 7.83. The van der Waals surface area contributed by atoms with Crippen molar-refractivity contribution < 1.29 is 17.4 Å². The summed E-state index contributed by atoms with van der Waals surface area (Å²) in [6.07, 6.45) is -3.50. The predicted molar refractivity (Wildman–Crippen MR) is 106 cm³/mol. The van der Waals surface area contributed by atoms with Crippen LogP contribution >= 0.6 is 39.1 Å². The molecule has 3 rings (SSSR count). The van der Waals surface area contributed by atoms with E-state index in [1.165, 1.54) is 18.3 Å². The van der Waals surface area contributed by atoms with Crippen LogP contribution in [-0.4, -0.2) is 21.4 Å². The first-order valence-electron chi connectivity index (χ1n) is 7.61. The zero-order chi connectivity index (χ0) is 19.8. The van der Waals surface area contributed by atoms with Crippen LogP contribution < -0.4 is 4.72 Å². The summed E-state index contributed by atoms with van der Waals surface area (Å²) in [5, 5.41) is 0.695. The standard InChI is InChI=1S/C17H12BrCl2F3N2OS/c18-10-6-12(19)16(13(20)7-10)27(26)25-15(17(21,22)23)5-9-8-24-14-4-2-1-3-11(9)14/h1-4,6-8,15,24-25H,5H2. The van der Waals surface area contributed by atoms with Gasteiger partial charge in [-0.05, 0) is 30.2 Å². The molecule has 2 aromatic carbocycles. The molecule has 0 amide bonds. The minimum absolute atomic E-state index is 0.00762. The highest BCUT2D eigenvalue weighted by atomic mass is 79.9. The van der Waals surface area contributed by atoms with Gasteiger partial charge >= 0.3 is 6.18 Å². The molecule has 3 nitrogen and oxygen atoms in total. The molecule has 0 saturated heterocycles. The highest BCUT2D eigenvalue weighted by Crippen LogP contribution is 2.33. The first-order valence-corrected chi connectivity index (χ1v) is 10.3. The van der Waals surface area contributed by atoms with E-state index in [2.05, 4.69) is 25.6 Å². The fourth-order valence-electron chi connectivity index (χ4n) is 2.64. The first-order chi connectivity index (χ1) is 12.7. The third-order valence-electron chi connectivity index (χ3n) is 3.89. The molecule has 0 saturated carbocycles. The molecule has 0 spiro atoms. The van der Waals surface area contributed by atoms with Crippen LogP contribution in [0.25, 0.3) is 10.9 Å². The molecule has 2 unspecified atom stereocenters. The van der Waals surface area contributed by atoms with Crippen molar-refractivity contribution in [2.45, 2.75) is 23.5 Å². The SMILES string of the molecule is O=S(NC(Cc1c[nH]c2ccccc12)C(F)(F)F)c1c(Cl)cc(Br)cc1Cl. The number of hydrogen-bond donors (Lipinski definition) is 2. The summed E-state index contributed by atoms with van der Waals surface area (Å²) < 4.78 is 55.9. The number of para-hydroxylation sites is 1. The van der Waals surface area contributed by atoms with Gasteiger partial charge in [-0.3, -0.25) is 0 Å². The van der Waals surface area contributed by atoms with Crippen LogP contribution in [0, 0.1) is 0 Å². The van der Waals surface area contributed by atoms with Crippen molar-refractivity contribution in [2.24, 2.45) is 0 Å². The van der Waals surface area contributed by atoms with Gasteiger partial charge in [0, 0.05) is 21.6 Å². The minimum atomic E-state index is -4.62. The summed E-state index contributed by atoms with van der Waals surface area (Å²) in [5.74, 6) is 0. The van der Waals surface area contributed by atoms with E-state index in [-0.39, 0.29) is 14.9 Å². The van der Waals surface area contributed by atoms with Crippen LogP contribution in [-0.2, 0) is 17.4 Å². The second-order valence-corrected chi connectivity index (χ2v) is 8.65. The van der Waals surface area contributed by atoms with Gasteiger partial charge in [0.25, 0.3) is 0 Å². The molecule has 0 aliphatic carbocycles. The molecule has 144 valence electrons. The van der Waals surface area contributed by atoms with Crippen molar-refractivity contribution in [2.75, 3.05) is 0 Å². The lowest BCUT2D eigenvalue weighted by Gasteiger charge is -2.21. The van der Waals surface area contributed by atoms with E-state index >= 15 is 0 Å². The Hall–Kier alpha value is -1.06. The fourth-order valence-corrected chi connectivity index (χ4v) is 5.33. The zero-order valence-electron chi connectivity index (χ0n) is 13.4. The van der Waals surface area contributed by atoms with Crippen LogP contribution in [0.1, 0.15) is 5.56 Å². The van der Waals surface area contributed by atoms with Crippen LogP contribution in [0.2, 0.25) is 10.0 Å². The Labute approximate surface area is 174 Å². The number of nitrogens with one attached hydrogen (secondary N) is 2. The second-order valence-electron chi connectivity index (χ2n) is 5.74. The van der Waals surface area contributed by atoms with E-state index in [1.807, 2.05) is 0 Å². The summed E-state index contributed by atoms with van der Waals surface area (Å²) in [6.45, 7) is 0. The molecular formula is C17H12BrCl2F3N2OS. The Balaban J connectivity index is 1.89. The molecule has 10 heteroatoms. The lowest BCUT2D eigenvalue weighted by Crippen LogP contribution is -2.44. The number of fused-ring (bicyclic) bond motifs is 1. The zero-order valence-corrected chi connectivity index (χ0v) is 17.3. The highest BCUT2D eigenvalue weighted by molar-refractivity contribution is 9.10. The van der Waals surface area contributed by atoms with Gasteiger partial charge < -0.3 is 4.98 Å². The molecule has 3 aromatic rings. The van der Waals surface area contributed by atoms with Crippen molar-refractivity contribution in [3.63, 3.8) is 0 Å². The van der Waals surface area contributed by atoms with E-state index < -0.39 is 29.6 Å². The Morgan fingerprint density at radius 1 is 1.19 bits per heavy atom. The number of hydrogen-bond acceptors (Lipinski definition) is 1. The molecular weight excluding hydrogens is 488 g/mol. The summed E-state index contributed by atoms with van der Waals surface area (Å²) in [4.78, 5) is 2.85. The Morgan fingerprint density at radius 2 is 1.81 bits per heavy atom. The molecule has 0 fully saturated rings. The summed E-state index contributed by atoms with van der Waals surface area (Å²) in [7, 11) is -2.25. The molecule has 1 heterocycles. The topological polar surface area (TPSA) is 44.9 Å². The van der Waals surface area contributed by atoms with Crippen molar-refractivity contribution in [3.8, 4) is 0 Å². The second kappa shape index (κ2) is 8.13. The fraction of sp³-hybridized carbons (Fsp3) is 0.176. The quantitative estimate of drug-likeness (QED) is 0.442. The van der Waals surface area contributed by atoms with Gasteiger partial charge in [-0.15, -0.1) is 0 Å². The summed E-state index contributed by atoms with van der Waals surface area (Å²) in [5.41, 5.74) is 1.19. The van der Waals surface area contributed by atoms with E-state index in [1.54, 1.807) is 24.3 Å². The predicted octanol–water partition coefficient (Wildman–Crippen LogP) is 6.02. The Kier molecular flexibility index (Phi) is 6.22. The maximum absolute atomic E-state index is 13.6. The van der Waals surface area contributed by atoms with Crippen LogP contribution in [0.3, 0.4) is 0 Å². The van der Waals surface area contributed by atoms with E-state index in [4.69, 9.17) is 23.2 Å². The van der Waals surface area contributed by atoms with E-state index in [9.17, 15) is 17.4 Å². The molecule has 27 heavy (non-hydrogen) atoms. The van der Waals surface area contributed by atoms with E-state index in [0.29, 0.717) is 15.4 Å². The van der Waals surface area contributed by atoms with Crippen molar-refractivity contribution in [1.29, 1.82) is 0 Å². The van der Waals surface area contributed by atoms with Gasteiger partial charge in [0.2, 0.25) is 0 Å². The largest absolute Gasteiger partial charge is 0.405 e. The van der Waals surface area contributed by atoms with Gasteiger partial charge in [-0.2, -0.15) is 13.2 Å². The maximum Gasteiger partial charge on any atom is 0.405 e. The Bertz CT molecular complexity index is 986. The first kappa shape index (κ1) is 20.7. The van der Waals surface area contributed by atoms with Crippen LogP contribution in [0.5, 0.6) is 0 Å². The number of H-pyrrole nitrogens is 1. The molecule has 2 atom stereocenters. The molecule has 2 N–H and O–H groups in total. The molecule has 0 aliphatic heterocycles. The maximum atomic E-state index is 13.6. The normalized spacial score (nSPS) is 14.4. The number of aromatic nitrogens is 1. The lowest BCUT2D eigenvalue weighted by atomic mass is 10.1. The lowest BCUT2D eigenvalue weighted by molar-refractivity contribution is -0.150. The van der Waals surface area contributed by atoms with Gasteiger partial charge in [-0.1, -0.05) is 57.3 Å². The van der Waals surface area contributed by atoms with Crippen molar-refractivity contribution in [3.05, 3.63) is 62.7 Å². The summed E-state index contributed by atoms with van der Waals surface area (Å²) >= 11 is 15.2. The average Bonchev–Trinajstić information content (AvgIpc) is 2.95. The minimum Gasteiger partial charge on any atom is -0.361 e. The smallest absolute Gasteiger partial charge is 0.361 e.